The molecule has 2 heterocycles. The van der Waals surface area contributed by atoms with E-state index in [1.165, 1.54) is 6.20 Å². The van der Waals surface area contributed by atoms with Crippen LogP contribution < -0.4 is 0 Å². The zero-order valence-corrected chi connectivity index (χ0v) is 13.8. The summed E-state index contributed by atoms with van der Waals surface area (Å²) in [7, 11) is 0. The average molecular weight is 342 g/mol. The van der Waals surface area contributed by atoms with Gasteiger partial charge >= 0.3 is 0 Å². The number of hydrogen-bond acceptors (Lipinski definition) is 4. The van der Waals surface area contributed by atoms with Gasteiger partial charge in [0.15, 0.2) is 5.78 Å². The number of benzene rings is 2. The number of aliphatic hydroxyl groups is 1. The van der Waals surface area contributed by atoms with Gasteiger partial charge in [-0.1, -0.05) is 36.4 Å². The summed E-state index contributed by atoms with van der Waals surface area (Å²) in [5, 5.41) is 10.9. The molecule has 0 spiro atoms. The maximum Gasteiger partial charge on any atom is 0.211 e. The van der Waals surface area contributed by atoms with Gasteiger partial charge in [-0.25, -0.2) is 0 Å². The van der Waals surface area contributed by atoms with Crippen LogP contribution in [0.5, 0.6) is 0 Å². The van der Waals surface area contributed by atoms with Gasteiger partial charge < -0.3 is 9.67 Å². The Bertz CT molecular complexity index is 1240. The van der Waals surface area contributed by atoms with E-state index in [0.29, 0.717) is 33.3 Å². The second-order valence-corrected chi connectivity index (χ2v) is 6.34. The van der Waals surface area contributed by atoms with Gasteiger partial charge in [-0.3, -0.25) is 14.6 Å². The van der Waals surface area contributed by atoms with Gasteiger partial charge in [-0.15, -0.1) is 0 Å². The van der Waals surface area contributed by atoms with Crippen molar-refractivity contribution >= 4 is 33.4 Å². The van der Waals surface area contributed by atoms with E-state index in [-0.39, 0.29) is 24.7 Å². The lowest BCUT2D eigenvalue weighted by atomic mass is 9.85. The van der Waals surface area contributed by atoms with Crippen molar-refractivity contribution in [2.45, 2.75) is 6.54 Å². The Morgan fingerprint density at radius 2 is 1.62 bits per heavy atom. The van der Waals surface area contributed by atoms with Crippen LogP contribution in [0.2, 0.25) is 0 Å². The third-order valence-corrected chi connectivity index (χ3v) is 4.98. The van der Waals surface area contributed by atoms with Crippen molar-refractivity contribution in [2.75, 3.05) is 6.61 Å². The largest absolute Gasteiger partial charge is 0.395 e. The van der Waals surface area contributed by atoms with E-state index in [4.69, 9.17) is 0 Å². The molecule has 2 aromatic heterocycles. The van der Waals surface area contributed by atoms with Crippen molar-refractivity contribution in [1.82, 2.24) is 9.55 Å². The first-order chi connectivity index (χ1) is 12.7. The van der Waals surface area contributed by atoms with Gasteiger partial charge in [-0.2, -0.15) is 0 Å². The number of aliphatic hydroxyl groups excluding tert-OH is 1. The van der Waals surface area contributed by atoms with E-state index in [9.17, 15) is 14.7 Å². The van der Waals surface area contributed by atoms with Gasteiger partial charge in [0, 0.05) is 34.6 Å². The Morgan fingerprint density at radius 1 is 0.885 bits per heavy atom. The zero-order valence-electron chi connectivity index (χ0n) is 13.8. The first-order valence-corrected chi connectivity index (χ1v) is 8.41. The van der Waals surface area contributed by atoms with Crippen LogP contribution in [0.1, 0.15) is 32.0 Å². The smallest absolute Gasteiger partial charge is 0.211 e. The topological polar surface area (TPSA) is 72.2 Å². The maximum atomic E-state index is 13.5. The molecule has 0 unspecified atom stereocenters. The summed E-state index contributed by atoms with van der Waals surface area (Å²) >= 11 is 0. The van der Waals surface area contributed by atoms with Crippen LogP contribution >= 0.6 is 0 Å². The fourth-order valence-electron chi connectivity index (χ4n) is 3.91. The molecule has 5 nitrogen and oxygen atoms in total. The first-order valence-electron chi connectivity index (χ1n) is 8.41. The lowest BCUT2D eigenvalue weighted by Crippen LogP contribution is -2.24. The van der Waals surface area contributed by atoms with E-state index in [1.807, 2.05) is 48.5 Å². The Labute approximate surface area is 148 Å². The van der Waals surface area contributed by atoms with Crippen LogP contribution in [-0.2, 0) is 6.54 Å². The van der Waals surface area contributed by atoms with Gasteiger partial charge in [0.05, 0.1) is 23.3 Å². The van der Waals surface area contributed by atoms with Crippen LogP contribution in [0.25, 0.3) is 21.8 Å². The minimum atomic E-state index is -0.196. The van der Waals surface area contributed by atoms with Crippen LogP contribution in [0.4, 0.5) is 0 Å². The summed E-state index contributed by atoms with van der Waals surface area (Å²) in [6.07, 6.45) is 1.50. The summed E-state index contributed by atoms with van der Waals surface area (Å²) in [6, 6.07) is 14.7. The summed E-state index contributed by atoms with van der Waals surface area (Å²) < 4.78 is 1.75. The van der Waals surface area contributed by atoms with Gasteiger partial charge in [-0.05, 0) is 12.1 Å². The number of rotatable bonds is 2. The van der Waals surface area contributed by atoms with Crippen molar-refractivity contribution in [1.29, 1.82) is 0 Å². The lowest BCUT2D eigenvalue weighted by molar-refractivity contribution is 0.0974. The van der Waals surface area contributed by atoms with E-state index in [0.717, 1.165) is 10.9 Å². The monoisotopic (exact) mass is 342 g/mol. The Hall–Kier alpha value is -3.31. The highest BCUT2D eigenvalue weighted by Crippen LogP contribution is 2.37. The minimum Gasteiger partial charge on any atom is -0.395 e. The molecule has 4 aromatic rings. The summed E-state index contributed by atoms with van der Waals surface area (Å²) in [5.41, 5.74) is 2.96. The molecule has 1 aliphatic rings. The fourth-order valence-corrected chi connectivity index (χ4v) is 3.91. The highest BCUT2D eigenvalue weighted by atomic mass is 16.3. The summed E-state index contributed by atoms with van der Waals surface area (Å²) in [5.74, 6) is -0.390. The van der Waals surface area contributed by atoms with E-state index in [2.05, 4.69) is 4.98 Å². The molecule has 126 valence electrons. The van der Waals surface area contributed by atoms with Crippen LogP contribution in [0, 0.1) is 0 Å². The maximum absolute atomic E-state index is 13.5. The molecule has 0 amide bonds. The third-order valence-electron chi connectivity index (χ3n) is 4.98. The van der Waals surface area contributed by atoms with Gasteiger partial charge in [0.1, 0.15) is 5.69 Å². The fraction of sp³-hybridized carbons (Fsp3) is 0.0952. The van der Waals surface area contributed by atoms with Crippen molar-refractivity contribution in [3.8, 4) is 0 Å². The van der Waals surface area contributed by atoms with E-state index in [1.54, 1.807) is 4.57 Å². The summed E-state index contributed by atoms with van der Waals surface area (Å²) in [4.78, 5) is 31.1. The molecule has 1 aliphatic carbocycles. The molecule has 5 heteroatoms. The molecule has 2 aromatic carbocycles. The van der Waals surface area contributed by atoms with Crippen molar-refractivity contribution in [2.24, 2.45) is 0 Å². The SMILES string of the molecule is O=C1c2cnc3ccccc3c2C(=O)c2c1c1ccccc1n2CCO. The van der Waals surface area contributed by atoms with Gasteiger partial charge in [0.25, 0.3) is 0 Å². The molecule has 26 heavy (non-hydrogen) atoms. The predicted octanol–water partition coefficient (Wildman–Crippen LogP) is 2.96. The second kappa shape index (κ2) is 5.34. The number of ketones is 2. The van der Waals surface area contributed by atoms with E-state index < -0.39 is 0 Å². The van der Waals surface area contributed by atoms with Crippen molar-refractivity contribution < 1.29 is 14.7 Å². The Morgan fingerprint density at radius 3 is 2.42 bits per heavy atom. The number of para-hydroxylation sites is 2. The van der Waals surface area contributed by atoms with Crippen LogP contribution in [0.3, 0.4) is 0 Å². The number of fused-ring (bicyclic) bond motifs is 6. The summed E-state index contributed by atoms with van der Waals surface area (Å²) in [6.45, 7) is 0.143. The van der Waals surface area contributed by atoms with Crippen molar-refractivity contribution in [3.63, 3.8) is 0 Å². The predicted molar refractivity (Wildman–Crippen MR) is 97.6 cm³/mol. The third kappa shape index (κ3) is 1.80. The number of carbonyl (C=O) groups excluding carboxylic acids is 2. The number of hydrogen-bond donors (Lipinski definition) is 1. The molecule has 0 saturated heterocycles. The molecule has 0 bridgehead atoms. The normalized spacial score (nSPS) is 13.3. The molecule has 5 rings (SSSR count). The number of carbonyl (C=O) groups is 2. The quantitative estimate of drug-likeness (QED) is 0.535. The highest BCUT2D eigenvalue weighted by molar-refractivity contribution is 6.34. The standard InChI is InChI=1S/C21H14N2O3/c24-10-9-23-16-8-4-2-6-13(16)18-19(23)21(26)17-12-5-1-3-7-15(12)22-11-14(17)20(18)25/h1-8,11,24H,9-10H2. The number of aromatic nitrogens is 2. The molecule has 1 N–H and O–H groups in total. The zero-order chi connectivity index (χ0) is 17.8. The molecule has 0 fully saturated rings. The lowest BCUT2D eigenvalue weighted by Gasteiger charge is -2.18. The second-order valence-electron chi connectivity index (χ2n) is 6.34. The first kappa shape index (κ1) is 15.0. The molecular weight excluding hydrogens is 328 g/mol. The average Bonchev–Trinajstić information content (AvgIpc) is 3.01. The molecule has 0 radical (unpaired) electrons. The highest BCUT2D eigenvalue weighted by Gasteiger charge is 2.36. The molecule has 0 aliphatic heterocycles. The Kier molecular flexibility index (Phi) is 3.08. The van der Waals surface area contributed by atoms with Crippen LogP contribution in [0.15, 0.2) is 54.7 Å². The Balaban J connectivity index is 1.92. The molecule has 0 atom stereocenters. The molecule has 0 saturated carbocycles. The van der Waals surface area contributed by atoms with Gasteiger partial charge in [0.2, 0.25) is 5.78 Å². The van der Waals surface area contributed by atoms with E-state index >= 15 is 0 Å². The number of pyridine rings is 1. The number of nitrogens with zero attached hydrogens (tertiary/aromatic N) is 2. The van der Waals surface area contributed by atoms with Crippen molar-refractivity contribution in [3.05, 3.63) is 77.1 Å². The van der Waals surface area contributed by atoms with Crippen LogP contribution in [-0.4, -0.2) is 32.8 Å². The minimum absolute atomic E-state index is 0.115. The molecular formula is C21H14N2O3.